The lowest BCUT2D eigenvalue weighted by molar-refractivity contribution is -0.182. The lowest BCUT2D eigenvalue weighted by atomic mass is 9.77. The Hall–Kier alpha value is -2.70. The third-order valence-corrected chi connectivity index (χ3v) is 9.82. The maximum atomic E-state index is 13.9. The zero-order valence-electron chi connectivity index (χ0n) is 32.0. The van der Waals surface area contributed by atoms with Crippen LogP contribution >= 0.6 is 0 Å². The molecule has 50 heavy (non-hydrogen) atoms. The van der Waals surface area contributed by atoms with Crippen molar-refractivity contribution in [1.82, 2.24) is 0 Å². The quantitative estimate of drug-likeness (QED) is 0.0382. The van der Waals surface area contributed by atoms with Crippen LogP contribution < -0.4 is 0 Å². The molecule has 2 aromatic carbocycles. The molecule has 1 aliphatic heterocycles. The van der Waals surface area contributed by atoms with Crippen LogP contribution in [0.3, 0.4) is 0 Å². The molecular formula is C44H68O6. The number of benzene rings is 2. The number of epoxide rings is 1. The van der Waals surface area contributed by atoms with Crippen LogP contribution in [-0.2, 0) is 41.8 Å². The molecule has 1 saturated heterocycles. The summed E-state index contributed by atoms with van der Waals surface area (Å²) in [6.07, 6.45) is 21.2. The van der Waals surface area contributed by atoms with Crippen molar-refractivity contribution < 1.29 is 28.5 Å². The summed E-state index contributed by atoms with van der Waals surface area (Å²) < 4.78 is 23.6. The predicted molar refractivity (Wildman–Crippen MR) is 202 cm³/mol. The van der Waals surface area contributed by atoms with Crippen molar-refractivity contribution in [3.63, 3.8) is 0 Å². The van der Waals surface area contributed by atoms with Gasteiger partial charge in [0.1, 0.15) is 18.8 Å². The van der Waals surface area contributed by atoms with E-state index in [1.807, 2.05) is 69.3 Å². The molecule has 1 aliphatic rings. The molecule has 2 atom stereocenters. The highest BCUT2D eigenvalue weighted by Crippen LogP contribution is 2.38. The highest BCUT2D eigenvalue weighted by Gasteiger charge is 2.49. The third kappa shape index (κ3) is 16.5. The van der Waals surface area contributed by atoms with Crippen LogP contribution in [0.2, 0.25) is 0 Å². The summed E-state index contributed by atoms with van der Waals surface area (Å²) in [6, 6.07) is 20.0. The maximum absolute atomic E-state index is 13.9. The standard InChI is InChI=1S/C44H68O6/c1-5-6-7-8-9-10-13-16-25-32-43(41(46)50-42(2,3)4,40(45)47-35-38-28-21-19-22-29-38)33-26-17-14-11-12-15-18-27-34-44(37-49-44)48-36-39-30-23-20-24-31-39/h19-24,28-31H,5-18,25-27,32-37H2,1-4H3. The lowest BCUT2D eigenvalue weighted by Gasteiger charge is -2.33. The van der Waals surface area contributed by atoms with Gasteiger partial charge >= 0.3 is 11.9 Å². The molecule has 0 aromatic heterocycles. The van der Waals surface area contributed by atoms with Gasteiger partial charge in [0.15, 0.2) is 11.2 Å². The first-order chi connectivity index (χ1) is 24.2. The van der Waals surface area contributed by atoms with E-state index in [2.05, 4.69) is 19.1 Å². The molecule has 0 spiro atoms. The first-order valence-corrected chi connectivity index (χ1v) is 19.9. The molecule has 1 fully saturated rings. The molecule has 2 aromatic rings. The number of rotatable bonds is 28. The zero-order valence-corrected chi connectivity index (χ0v) is 32.0. The van der Waals surface area contributed by atoms with Crippen LogP contribution in [0.1, 0.15) is 167 Å². The van der Waals surface area contributed by atoms with Crippen molar-refractivity contribution in [3.05, 3.63) is 71.8 Å². The van der Waals surface area contributed by atoms with Gasteiger partial charge in [-0.15, -0.1) is 0 Å². The van der Waals surface area contributed by atoms with Crippen molar-refractivity contribution in [2.75, 3.05) is 6.61 Å². The first kappa shape index (κ1) is 41.7. The van der Waals surface area contributed by atoms with E-state index in [4.69, 9.17) is 18.9 Å². The van der Waals surface area contributed by atoms with Crippen molar-refractivity contribution in [2.45, 2.75) is 181 Å². The van der Waals surface area contributed by atoms with E-state index in [9.17, 15) is 9.59 Å². The summed E-state index contributed by atoms with van der Waals surface area (Å²) in [7, 11) is 0. The second-order valence-corrected chi connectivity index (χ2v) is 15.5. The molecule has 0 amide bonds. The largest absolute Gasteiger partial charge is 0.460 e. The van der Waals surface area contributed by atoms with E-state index in [1.165, 1.54) is 63.4 Å². The lowest BCUT2D eigenvalue weighted by Crippen LogP contribution is -2.44. The molecule has 0 aliphatic carbocycles. The topological polar surface area (TPSA) is 74.4 Å². The predicted octanol–water partition coefficient (Wildman–Crippen LogP) is 11.8. The number of hydrogen-bond acceptors (Lipinski definition) is 6. The van der Waals surface area contributed by atoms with Gasteiger partial charge < -0.3 is 18.9 Å². The molecule has 0 bridgehead atoms. The van der Waals surface area contributed by atoms with Crippen LogP contribution in [-0.4, -0.2) is 29.9 Å². The summed E-state index contributed by atoms with van der Waals surface area (Å²) in [5, 5.41) is 0. The number of carbonyl (C=O) groups excluding carboxylic acids is 2. The van der Waals surface area contributed by atoms with Crippen LogP contribution in [0.15, 0.2) is 60.7 Å². The number of ether oxygens (including phenoxy) is 4. The van der Waals surface area contributed by atoms with Crippen LogP contribution in [0.5, 0.6) is 0 Å². The molecule has 3 rings (SSSR count). The van der Waals surface area contributed by atoms with Gasteiger partial charge in [0.05, 0.1) is 6.61 Å². The van der Waals surface area contributed by atoms with E-state index in [0.29, 0.717) is 26.1 Å². The normalized spacial score (nSPS) is 16.9. The molecule has 0 N–H and O–H groups in total. The summed E-state index contributed by atoms with van der Waals surface area (Å²) in [5.74, 6) is -1.22. The summed E-state index contributed by atoms with van der Waals surface area (Å²) in [6.45, 7) is 9.32. The Kier molecular flexibility index (Phi) is 19.2. The van der Waals surface area contributed by atoms with E-state index >= 15 is 0 Å². The fraction of sp³-hybridized carbons (Fsp3) is 0.682. The SMILES string of the molecule is CCCCCCCCCCCC(CCCCCCCCCCC1(OCc2ccccc2)CO1)(C(=O)OCc1ccccc1)C(=O)OC(C)(C)C. The van der Waals surface area contributed by atoms with Gasteiger partial charge in [-0.3, -0.25) is 9.59 Å². The summed E-state index contributed by atoms with van der Waals surface area (Å²) in [4.78, 5) is 27.9. The average molecular weight is 693 g/mol. The van der Waals surface area contributed by atoms with Gasteiger partial charge in [-0.2, -0.15) is 0 Å². The molecule has 0 radical (unpaired) electrons. The highest BCUT2D eigenvalue weighted by atomic mass is 16.8. The smallest absolute Gasteiger partial charge is 0.324 e. The fourth-order valence-electron chi connectivity index (χ4n) is 6.64. The Bertz CT molecular complexity index is 1190. The zero-order chi connectivity index (χ0) is 36.0. The number of hydrogen-bond donors (Lipinski definition) is 0. The van der Waals surface area contributed by atoms with Crippen molar-refractivity contribution in [3.8, 4) is 0 Å². The van der Waals surface area contributed by atoms with Gasteiger partial charge in [-0.25, -0.2) is 0 Å². The van der Waals surface area contributed by atoms with E-state index in [-0.39, 0.29) is 12.4 Å². The average Bonchev–Trinajstić information content (AvgIpc) is 3.88. The monoisotopic (exact) mass is 693 g/mol. The molecule has 280 valence electrons. The Morgan fingerprint density at radius 1 is 0.620 bits per heavy atom. The van der Waals surface area contributed by atoms with Crippen LogP contribution in [0, 0.1) is 5.41 Å². The molecule has 6 nitrogen and oxygen atoms in total. The third-order valence-electron chi connectivity index (χ3n) is 9.82. The van der Waals surface area contributed by atoms with Gasteiger partial charge in [0.25, 0.3) is 0 Å². The Balaban J connectivity index is 1.45. The van der Waals surface area contributed by atoms with Gasteiger partial charge in [0.2, 0.25) is 0 Å². The van der Waals surface area contributed by atoms with E-state index in [1.54, 1.807) is 0 Å². The number of carbonyl (C=O) groups is 2. The van der Waals surface area contributed by atoms with E-state index < -0.39 is 23.0 Å². The number of esters is 2. The molecule has 0 saturated carbocycles. The molecule has 1 heterocycles. The van der Waals surface area contributed by atoms with Gasteiger partial charge in [-0.1, -0.05) is 170 Å². The van der Waals surface area contributed by atoms with Crippen molar-refractivity contribution in [2.24, 2.45) is 5.41 Å². The van der Waals surface area contributed by atoms with Crippen LogP contribution in [0.4, 0.5) is 0 Å². The Labute approximate surface area is 304 Å². The second kappa shape index (κ2) is 23.0. The van der Waals surface area contributed by atoms with Gasteiger partial charge in [0, 0.05) is 6.42 Å². The van der Waals surface area contributed by atoms with Gasteiger partial charge in [-0.05, 0) is 51.2 Å². The van der Waals surface area contributed by atoms with E-state index in [0.717, 1.165) is 63.4 Å². The molecular weight excluding hydrogens is 624 g/mol. The minimum absolute atomic E-state index is 0.161. The second-order valence-electron chi connectivity index (χ2n) is 15.5. The maximum Gasteiger partial charge on any atom is 0.324 e. The minimum atomic E-state index is -1.27. The van der Waals surface area contributed by atoms with Crippen LogP contribution in [0.25, 0.3) is 0 Å². The fourth-order valence-corrected chi connectivity index (χ4v) is 6.64. The first-order valence-electron chi connectivity index (χ1n) is 19.9. The Morgan fingerprint density at radius 3 is 1.52 bits per heavy atom. The van der Waals surface area contributed by atoms with Crippen molar-refractivity contribution in [1.29, 1.82) is 0 Å². The molecule has 6 heteroatoms. The highest BCUT2D eigenvalue weighted by molar-refractivity contribution is 6.00. The molecule has 2 unspecified atom stereocenters. The summed E-state index contributed by atoms with van der Waals surface area (Å²) >= 11 is 0. The number of unbranched alkanes of at least 4 members (excludes halogenated alkanes) is 15. The Morgan fingerprint density at radius 2 is 1.06 bits per heavy atom. The van der Waals surface area contributed by atoms with Crippen molar-refractivity contribution >= 4 is 11.9 Å². The minimum Gasteiger partial charge on any atom is -0.460 e. The summed E-state index contributed by atoms with van der Waals surface area (Å²) in [5.41, 5.74) is 0.145.